The zero-order valence-electron chi connectivity index (χ0n) is 34.0. The van der Waals surface area contributed by atoms with E-state index in [9.17, 15) is 24.0 Å². The van der Waals surface area contributed by atoms with Crippen LogP contribution in [0.5, 0.6) is 0 Å². The zero-order chi connectivity index (χ0) is 41.6. The molecular weight excluding hydrogens is 765 g/mol. The smallest absolute Gasteiger partial charge is 0.340 e. The van der Waals surface area contributed by atoms with Crippen LogP contribution in [-0.4, -0.2) is 130 Å². The van der Waals surface area contributed by atoms with Gasteiger partial charge in [0, 0.05) is 81.2 Å². The fourth-order valence-corrected chi connectivity index (χ4v) is 10.6. The van der Waals surface area contributed by atoms with Crippen molar-refractivity contribution < 1.29 is 52.5 Å². The van der Waals surface area contributed by atoms with Crippen LogP contribution in [0.2, 0.25) is 13.1 Å². The van der Waals surface area contributed by atoms with Crippen LogP contribution >= 0.6 is 0 Å². The Hall–Kier alpha value is -5.13. The minimum Gasteiger partial charge on any atom is -0.441 e. The van der Waals surface area contributed by atoms with Crippen LogP contribution in [0, 0.1) is 0 Å². The van der Waals surface area contributed by atoms with Crippen molar-refractivity contribution >= 4 is 59.5 Å². The average Bonchev–Trinajstić information content (AvgIpc) is 3.68. The van der Waals surface area contributed by atoms with E-state index in [-0.39, 0.29) is 51.5 Å². The van der Waals surface area contributed by atoms with E-state index >= 15 is 0 Å². The summed E-state index contributed by atoms with van der Waals surface area (Å²) in [6.45, 7) is 7.18. The van der Waals surface area contributed by atoms with Gasteiger partial charge in [0.25, 0.3) is 17.7 Å². The molecule has 310 valence electrons. The minimum atomic E-state index is -2.30. The maximum atomic E-state index is 13.6. The molecule has 0 aliphatic carbocycles. The Kier molecular flexibility index (Phi) is 13.3. The summed E-state index contributed by atoms with van der Waals surface area (Å²) in [7, 11) is 5.77. The quantitative estimate of drug-likeness (QED) is 0.0813. The van der Waals surface area contributed by atoms with E-state index in [0.717, 1.165) is 22.5 Å². The van der Waals surface area contributed by atoms with Gasteiger partial charge in [-0.2, -0.15) is 0 Å². The highest BCUT2D eigenvalue weighted by Gasteiger charge is 2.56. The highest BCUT2D eigenvalue weighted by atomic mass is 28.3. The molecule has 6 rings (SSSR count). The largest absolute Gasteiger partial charge is 0.441 e. The number of benzene rings is 3. The Morgan fingerprint density at radius 3 is 1.76 bits per heavy atom. The molecule has 3 aliphatic rings. The fourth-order valence-electron chi connectivity index (χ4n) is 7.42. The molecule has 0 aromatic heterocycles. The second-order valence-corrected chi connectivity index (χ2v) is 19.5. The number of hydrogen-bond donors (Lipinski definition) is 1. The summed E-state index contributed by atoms with van der Waals surface area (Å²) in [5, 5.41) is 5.81. The van der Waals surface area contributed by atoms with E-state index in [2.05, 4.69) is 64.6 Å². The van der Waals surface area contributed by atoms with E-state index < -0.39 is 37.4 Å². The number of rotatable bonds is 19. The number of fused-ring (bicyclic) bond motifs is 6. The molecule has 3 aromatic rings. The van der Waals surface area contributed by atoms with Crippen LogP contribution in [0.1, 0.15) is 56.7 Å². The molecule has 1 N–H and O–H groups in total. The number of hydrogen-bond acceptors (Lipinski definition) is 13. The molecule has 0 atom stereocenters. The number of carbonyl (C=O) groups excluding carboxylic acids is 5. The van der Waals surface area contributed by atoms with E-state index in [1.54, 1.807) is 18.2 Å². The summed E-state index contributed by atoms with van der Waals surface area (Å²) in [6.07, 6.45) is -0.0135. The average molecular weight is 817 g/mol. The summed E-state index contributed by atoms with van der Waals surface area (Å²) in [5.41, 5.74) is 4.32. The normalized spacial score (nSPS) is 15.8. The Morgan fingerprint density at radius 2 is 1.22 bits per heavy atom. The molecule has 15 nitrogen and oxygen atoms in total. The number of carbonyl (C=O) groups is 5. The van der Waals surface area contributed by atoms with Crippen molar-refractivity contribution in [1.82, 2.24) is 10.4 Å². The molecule has 1 spiro atoms. The van der Waals surface area contributed by atoms with Crippen LogP contribution in [-0.2, 0) is 48.5 Å². The van der Waals surface area contributed by atoms with Gasteiger partial charge in [-0.3, -0.25) is 14.4 Å². The molecule has 0 radical (unpaired) electrons. The van der Waals surface area contributed by atoms with Crippen LogP contribution in [0.25, 0.3) is 0 Å². The Labute approximate surface area is 339 Å². The van der Waals surface area contributed by atoms with Gasteiger partial charge >= 0.3 is 11.9 Å². The molecule has 3 aliphatic heterocycles. The predicted octanol–water partition coefficient (Wildman–Crippen LogP) is 2.21. The van der Waals surface area contributed by atoms with Gasteiger partial charge in [0.05, 0.1) is 64.8 Å². The van der Waals surface area contributed by atoms with Crippen molar-refractivity contribution in [2.75, 3.05) is 97.4 Å². The molecule has 1 saturated heterocycles. The lowest BCUT2D eigenvalue weighted by Crippen LogP contribution is -2.63. The third kappa shape index (κ3) is 8.80. The topological polar surface area (TPSA) is 162 Å². The van der Waals surface area contributed by atoms with Crippen molar-refractivity contribution in [3.05, 3.63) is 82.4 Å². The third-order valence-electron chi connectivity index (χ3n) is 10.6. The molecule has 0 saturated carbocycles. The summed E-state index contributed by atoms with van der Waals surface area (Å²) in [6, 6.07) is 17.9. The van der Waals surface area contributed by atoms with E-state index in [4.69, 9.17) is 28.5 Å². The lowest BCUT2D eigenvalue weighted by atomic mass is 9.78. The molecule has 3 aromatic carbocycles. The van der Waals surface area contributed by atoms with E-state index in [1.807, 2.05) is 28.2 Å². The van der Waals surface area contributed by atoms with E-state index in [0.29, 0.717) is 54.8 Å². The number of anilines is 2. The van der Waals surface area contributed by atoms with Gasteiger partial charge < -0.3 is 43.6 Å². The highest BCUT2D eigenvalue weighted by Crippen LogP contribution is 2.49. The minimum absolute atomic E-state index is 0.0432. The maximum absolute atomic E-state index is 13.6. The number of hydroxylamine groups is 2. The van der Waals surface area contributed by atoms with Gasteiger partial charge in [-0.1, -0.05) is 25.2 Å². The van der Waals surface area contributed by atoms with Gasteiger partial charge in [0.1, 0.15) is 8.07 Å². The van der Waals surface area contributed by atoms with Crippen LogP contribution in [0.4, 0.5) is 11.4 Å². The van der Waals surface area contributed by atoms with Gasteiger partial charge in [0.15, 0.2) is 5.60 Å². The Balaban J connectivity index is 0.960. The number of imide groups is 1. The second kappa shape index (κ2) is 18.2. The summed E-state index contributed by atoms with van der Waals surface area (Å²) in [4.78, 5) is 70.8. The van der Waals surface area contributed by atoms with Gasteiger partial charge in [-0.15, -0.1) is 5.06 Å². The van der Waals surface area contributed by atoms with Gasteiger partial charge in [-0.25, -0.2) is 9.59 Å². The Bertz CT molecular complexity index is 1980. The molecule has 1 fully saturated rings. The van der Waals surface area contributed by atoms with Crippen LogP contribution in [0.15, 0.2) is 54.6 Å². The molecule has 16 heteroatoms. The van der Waals surface area contributed by atoms with E-state index in [1.165, 1.54) is 10.4 Å². The fraction of sp³-hybridized carbons (Fsp3) is 0.452. The first kappa shape index (κ1) is 42.5. The number of amides is 3. The predicted molar refractivity (Wildman–Crippen MR) is 217 cm³/mol. The molecular formula is C42H52N4O11Si. The molecule has 3 amide bonds. The van der Waals surface area contributed by atoms with Gasteiger partial charge in [-0.05, 0) is 52.8 Å². The number of ether oxygens (including phenoxy) is 5. The summed E-state index contributed by atoms with van der Waals surface area (Å²) < 4.78 is 28.5. The van der Waals surface area contributed by atoms with Crippen LogP contribution in [0.3, 0.4) is 0 Å². The molecule has 3 heterocycles. The maximum Gasteiger partial charge on any atom is 0.340 e. The monoisotopic (exact) mass is 816 g/mol. The van der Waals surface area contributed by atoms with Crippen molar-refractivity contribution in [1.29, 1.82) is 0 Å². The molecule has 0 bridgehead atoms. The summed E-state index contributed by atoms with van der Waals surface area (Å²) in [5.74, 6) is -2.47. The zero-order valence-corrected chi connectivity index (χ0v) is 35.0. The first-order valence-electron chi connectivity index (χ1n) is 19.4. The standard InChI is InChI=1S/C42H52N4O11Si/c1-44(2)29-8-11-32-35(26-29)58(5,6)36-27-30(45(3)4)9-12-33(36)42(32)34-25-28(7-10-31(34)41(51)56-42)40(50)43-16-18-53-20-22-55-24-23-54-21-19-52-17-15-39(49)57-46-37(47)13-14-38(46)48/h7-12,25-27H,13-24H2,1-6H3,(H,43,50). The number of nitrogens with one attached hydrogen (secondary N) is 1. The SMILES string of the molecule is CN(C)c1ccc2c(c1)[Si](C)(C)c1cc(N(C)C)ccc1C21OC(=O)c2ccc(C(=O)NCCOCCOCCOCCOCCC(=O)ON3C(=O)CCC3=O)cc21. The lowest BCUT2D eigenvalue weighted by molar-refractivity contribution is -0.198. The van der Waals surface area contributed by atoms with Crippen LogP contribution < -0.4 is 25.5 Å². The van der Waals surface area contributed by atoms with Gasteiger partial charge in [0.2, 0.25) is 0 Å². The highest BCUT2D eigenvalue weighted by molar-refractivity contribution is 7.01. The molecule has 58 heavy (non-hydrogen) atoms. The first-order chi connectivity index (χ1) is 27.7. The lowest BCUT2D eigenvalue weighted by Gasteiger charge is -2.44. The van der Waals surface area contributed by atoms with Crippen molar-refractivity contribution in [3.63, 3.8) is 0 Å². The number of esters is 1. The molecule has 0 unspecified atom stereocenters. The second-order valence-electron chi connectivity index (χ2n) is 15.2. The first-order valence-corrected chi connectivity index (χ1v) is 22.4. The summed E-state index contributed by atoms with van der Waals surface area (Å²) >= 11 is 0. The number of nitrogens with zero attached hydrogens (tertiary/aromatic N) is 3. The van der Waals surface area contributed by atoms with Crippen molar-refractivity contribution in [3.8, 4) is 0 Å². The Morgan fingerprint density at radius 1 is 0.707 bits per heavy atom. The third-order valence-corrected chi connectivity index (χ3v) is 14.1. The van der Waals surface area contributed by atoms with Crippen molar-refractivity contribution in [2.45, 2.75) is 38.0 Å². The van der Waals surface area contributed by atoms with Crippen molar-refractivity contribution in [2.24, 2.45) is 0 Å².